The number of carbonyl (C=O) groups is 1. The molecule has 0 saturated carbocycles. The van der Waals surface area contributed by atoms with Gasteiger partial charge in [-0.05, 0) is 12.1 Å². The van der Waals surface area contributed by atoms with Gasteiger partial charge in [0.2, 0.25) is 0 Å². The van der Waals surface area contributed by atoms with Crippen LogP contribution >= 0.6 is 0 Å². The third kappa shape index (κ3) is 2.97. The Morgan fingerprint density at radius 3 is 2.81 bits per heavy atom. The second-order valence-electron chi connectivity index (χ2n) is 4.19. The molecule has 0 radical (unpaired) electrons. The molecule has 1 aromatic carbocycles. The van der Waals surface area contributed by atoms with Gasteiger partial charge in [0.15, 0.2) is 0 Å². The van der Waals surface area contributed by atoms with E-state index in [4.69, 9.17) is 10.1 Å². The molecule has 0 fully saturated rings. The fraction of sp³-hybridized carbons (Fsp3) is 0.308. The lowest BCUT2D eigenvalue weighted by Crippen LogP contribution is -2.30. The molecule has 2 rings (SSSR count). The van der Waals surface area contributed by atoms with Crippen LogP contribution in [0.5, 0.6) is 0 Å². The summed E-state index contributed by atoms with van der Waals surface area (Å²) >= 11 is 0. The van der Waals surface area contributed by atoms with Gasteiger partial charge in [0, 0.05) is 12.6 Å². The SMILES string of the molecule is CCC(=O)ON1CC=Nc2cc(C(F)(F)F)c(C#N)cc21. The molecule has 0 bridgehead atoms. The second-order valence-corrected chi connectivity index (χ2v) is 4.19. The molecule has 1 heterocycles. The molecule has 110 valence electrons. The van der Waals surface area contributed by atoms with Crippen molar-refractivity contribution < 1.29 is 22.8 Å². The maximum atomic E-state index is 12.9. The van der Waals surface area contributed by atoms with Crippen LogP contribution < -0.4 is 5.06 Å². The van der Waals surface area contributed by atoms with Gasteiger partial charge in [-0.2, -0.15) is 23.5 Å². The van der Waals surface area contributed by atoms with Gasteiger partial charge in [-0.1, -0.05) is 6.92 Å². The minimum atomic E-state index is -4.65. The second kappa shape index (κ2) is 5.44. The molecular formula is C13H10F3N3O2. The van der Waals surface area contributed by atoms with E-state index in [2.05, 4.69) is 4.99 Å². The topological polar surface area (TPSA) is 65.7 Å². The highest BCUT2D eigenvalue weighted by Gasteiger charge is 2.35. The highest BCUT2D eigenvalue weighted by atomic mass is 19.4. The van der Waals surface area contributed by atoms with E-state index in [-0.39, 0.29) is 24.3 Å². The zero-order chi connectivity index (χ0) is 15.6. The van der Waals surface area contributed by atoms with Crippen molar-refractivity contribution in [3.63, 3.8) is 0 Å². The molecule has 0 spiro atoms. The minimum absolute atomic E-state index is 0.00326. The van der Waals surface area contributed by atoms with Crippen LogP contribution in [0.15, 0.2) is 17.1 Å². The lowest BCUT2D eigenvalue weighted by molar-refractivity contribution is -0.144. The predicted octanol–water partition coefficient (Wildman–Crippen LogP) is 2.97. The molecule has 0 saturated heterocycles. The number of halogens is 3. The highest BCUT2D eigenvalue weighted by molar-refractivity contribution is 5.84. The largest absolute Gasteiger partial charge is 0.417 e. The first-order chi connectivity index (χ1) is 9.86. The van der Waals surface area contributed by atoms with Gasteiger partial charge in [-0.25, -0.2) is 4.79 Å². The van der Waals surface area contributed by atoms with Gasteiger partial charge in [-0.15, -0.1) is 0 Å². The number of carbonyl (C=O) groups excluding carboxylic acids is 1. The van der Waals surface area contributed by atoms with E-state index in [1.807, 2.05) is 0 Å². The standard InChI is InChI=1S/C13H10F3N3O2/c1-2-12(20)21-19-4-3-18-10-6-9(13(14,15)16)8(7-17)5-11(10)19/h3,5-6H,2,4H2,1H3. The predicted molar refractivity (Wildman–Crippen MR) is 68.0 cm³/mol. The number of rotatable bonds is 2. The normalized spacial score (nSPS) is 13.6. The van der Waals surface area contributed by atoms with Gasteiger partial charge in [0.25, 0.3) is 0 Å². The molecule has 21 heavy (non-hydrogen) atoms. The van der Waals surface area contributed by atoms with E-state index >= 15 is 0 Å². The maximum Gasteiger partial charge on any atom is 0.417 e. The summed E-state index contributed by atoms with van der Waals surface area (Å²) in [5.74, 6) is -0.533. The summed E-state index contributed by atoms with van der Waals surface area (Å²) in [6.07, 6.45) is -3.20. The van der Waals surface area contributed by atoms with Gasteiger partial charge in [0.1, 0.15) is 5.69 Å². The average Bonchev–Trinajstić information content (AvgIpc) is 2.45. The van der Waals surface area contributed by atoms with Crippen molar-refractivity contribution in [1.29, 1.82) is 5.26 Å². The molecule has 8 heteroatoms. The summed E-state index contributed by atoms with van der Waals surface area (Å²) in [6, 6.07) is 3.30. The van der Waals surface area contributed by atoms with Crippen LogP contribution in [0.3, 0.4) is 0 Å². The van der Waals surface area contributed by atoms with E-state index < -0.39 is 23.3 Å². The number of alkyl halides is 3. The minimum Gasteiger partial charge on any atom is -0.340 e. The fourth-order valence-electron chi connectivity index (χ4n) is 1.79. The number of hydroxylamine groups is 1. The van der Waals surface area contributed by atoms with E-state index in [0.717, 1.165) is 17.2 Å². The summed E-state index contributed by atoms with van der Waals surface area (Å²) in [5.41, 5.74) is -1.46. The Morgan fingerprint density at radius 1 is 1.52 bits per heavy atom. The van der Waals surface area contributed by atoms with Crippen LogP contribution in [-0.2, 0) is 15.8 Å². The molecule has 0 aromatic heterocycles. The Morgan fingerprint density at radius 2 is 2.24 bits per heavy atom. The molecule has 0 atom stereocenters. The number of aliphatic imine (C=N–C) groups is 1. The monoisotopic (exact) mass is 297 g/mol. The van der Waals surface area contributed by atoms with Crippen molar-refractivity contribution in [2.45, 2.75) is 19.5 Å². The van der Waals surface area contributed by atoms with Crippen molar-refractivity contribution in [2.75, 3.05) is 11.6 Å². The third-order valence-electron chi connectivity index (χ3n) is 2.79. The van der Waals surface area contributed by atoms with Gasteiger partial charge < -0.3 is 4.84 Å². The van der Waals surface area contributed by atoms with Crippen molar-refractivity contribution in [3.8, 4) is 6.07 Å². The van der Waals surface area contributed by atoms with Crippen molar-refractivity contribution in [3.05, 3.63) is 23.3 Å². The van der Waals surface area contributed by atoms with E-state index in [9.17, 15) is 18.0 Å². The first kappa shape index (κ1) is 14.8. The summed E-state index contributed by atoms with van der Waals surface area (Å²) in [6.45, 7) is 1.70. The van der Waals surface area contributed by atoms with E-state index in [0.29, 0.717) is 0 Å². The van der Waals surface area contributed by atoms with Gasteiger partial charge in [0.05, 0.1) is 29.4 Å². The zero-order valence-electron chi connectivity index (χ0n) is 10.9. The quantitative estimate of drug-likeness (QED) is 0.841. The molecule has 1 aliphatic heterocycles. The molecule has 1 aliphatic rings. The average molecular weight is 297 g/mol. The zero-order valence-corrected chi connectivity index (χ0v) is 10.9. The first-order valence-electron chi connectivity index (χ1n) is 6.03. The molecule has 0 N–H and O–H groups in total. The van der Waals surface area contributed by atoms with Crippen LogP contribution in [0.1, 0.15) is 24.5 Å². The van der Waals surface area contributed by atoms with Crippen LogP contribution in [-0.4, -0.2) is 18.7 Å². The number of fused-ring (bicyclic) bond motifs is 1. The van der Waals surface area contributed by atoms with Crippen molar-refractivity contribution in [1.82, 2.24) is 0 Å². The molecule has 5 nitrogen and oxygen atoms in total. The van der Waals surface area contributed by atoms with Crippen LogP contribution in [0, 0.1) is 11.3 Å². The lowest BCUT2D eigenvalue weighted by Gasteiger charge is -2.26. The smallest absolute Gasteiger partial charge is 0.340 e. The molecule has 1 aromatic rings. The Balaban J connectivity index is 2.50. The van der Waals surface area contributed by atoms with Crippen LogP contribution in [0.2, 0.25) is 0 Å². The summed E-state index contributed by atoms with van der Waals surface area (Å²) < 4.78 is 38.6. The number of hydrogen-bond donors (Lipinski definition) is 0. The Kier molecular flexibility index (Phi) is 3.84. The van der Waals surface area contributed by atoms with Gasteiger partial charge >= 0.3 is 12.1 Å². The number of nitrogens with zero attached hydrogens (tertiary/aromatic N) is 3. The number of nitriles is 1. The number of benzene rings is 1. The molecule has 0 aliphatic carbocycles. The maximum absolute atomic E-state index is 12.9. The molecule has 0 amide bonds. The van der Waals surface area contributed by atoms with E-state index in [1.54, 1.807) is 6.92 Å². The van der Waals surface area contributed by atoms with Crippen molar-refractivity contribution >= 4 is 23.6 Å². The first-order valence-corrected chi connectivity index (χ1v) is 6.03. The fourth-order valence-corrected chi connectivity index (χ4v) is 1.79. The Hall–Kier alpha value is -2.56. The van der Waals surface area contributed by atoms with Crippen LogP contribution in [0.25, 0.3) is 0 Å². The number of anilines is 1. The van der Waals surface area contributed by atoms with Crippen molar-refractivity contribution in [2.24, 2.45) is 4.99 Å². The molecule has 0 unspecified atom stereocenters. The summed E-state index contributed by atoms with van der Waals surface area (Å²) in [4.78, 5) is 20.2. The van der Waals surface area contributed by atoms with Crippen LogP contribution in [0.4, 0.5) is 24.5 Å². The Labute approximate surface area is 118 Å². The van der Waals surface area contributed by atoms with Gasteiger partial charge in [-0.3, -0.25) is 4.99 Å². The highest BCUT2D eigenvalue weighted by Crippen LogP contribution is 2.40. The molecular weight excluding hydrogens is 287 g/mol. The summed E-state index contributed by atoms with van der Waals surface area (Å²) in [5, 5.41) is 10.0. The summed E-state index contributed by atoms with van der Waals surface area (Å²) in [7, 11) is 0. The Bertz CT molecular complexity index is 647. The van der Waals surface area contributed by atoms with E-state index in [1.165, 1.54) is 12.3 Å². The number of hydrogen-bond acceptors (Lipinski definition) is 5. The third-order valence-corrected chi connectivity index (χ3v) is 2.79. The lowest BCUT2D eigenvalue weighted by atomic mass is 10.0.